The molecule has 0 bridgehead atoms. The van der Waals surface area contributed by atoms with Crippen LogP contribution < -0.4 is 4.74 Å². The van der Waals surface area contributed by atoms with E-state index in [1.54, 1.807) is 0 Å². The molecule has 0 saturated carbocycles. The molecule has 0 aliphatic rings. The fourth-order valence-electron chi connectivity index (χ4n) is 1.54. The molecule has 1 N–H and O–H groups in total. The Morgan fingerprint density at radius 1 is 1.50 bits per heavy atom. The highest BCUT2D eigenvalue weighted by molar-refractivity contribution is 8.00. The third kappa shape index (κ3) is 5.45. The van der Waals surface area contributed by atoms with E-state index in [0.29, 0.717) is 13.0 Å². The first-order valence-electron chi connectivity index (χ1n) is 6.17. The molecule has 1 aromatic rings. The number of benzene rings is 1. The quantitative estimate of drug-likeness (QED) is 0.734. The first-order valence-corrected chi connectivity index (χ1v) is 7.22. The first-order chi connectivity index (χ1) is 8.63. The number of aliphatic carboxylic acids is 1. The Balaban J connectivity index is 2.17. The van der Waals surface area contributed by atoms with Gasteiger partial charge >= 0.3 is 5.97 Å². The van der Waals surface area contributed by atoms with Crippen molar-refractivity contribution >= 4 is 17.7 Å². The summed E-state index contributed by atoms with van der Waals surface area (Å²) in [6.07, 6.45) is 1.53. The molecule has 0 aromatic heterocycles. The molecule has 4 heteroatoms. The normalized spacial score (nSPS) is 12.1. The van der Waals surface area contributed by atoms with E-state index in [-0.39, 0.29) is 5.25 Å². The topological polar surface area (TPSA) is 46.5 Å². The summed E-state index contributed by atoms with van der Waals surface area (Å²) in [5.41, 5.74) is 1.18. The van der Waals surface area contributed by atoms with Crippen LogP contribution in [0, 0.1) is 6.92 Å². The Bertz CT molecular complexity index is 379. The number of carboxylic acids is 1. The second-order valence-electron chi connectivity index (χ2n) is 4.12. The zero-order valence-corrected chi connectivity index (χ0v) is 11.7. The van der Waals surface area contributed by atoms with Gasteiger partial charge in [0.15, 0.2) is 0 Å². The lowest BCUT2D eigenvalue weighted by Crippen LogP contribution is -2.15. The molecule has 18 heavy (non-hydrogen) atoms. The SMILES string of the molecule is CCC(SCCCOc1cccc(C)c1)C(=O)O. The van der Waals surface area contributed by atoms with Crippen LogP contribution in [0.25, 0.3) is 0 Å². The predicted molar refractivity (Wildman–Crippen MR) is 75.5 cm³/mol. The number of rotatable bonds is 8. The van der Waals surface area contributed by atoms with E-state index < -0.39 is 5.97 Å². The van der Waals surface area contributed by atoms with E-state index in [4.69, 9.17) is 9.84 Å². The van der Waals surface area contributed by atoms with Gasteiger partial charge in [-0.05, 0) is 43.2 Å². The summed E-state index contributed by atoms with van der Waals surface area (Å²) in [7, 11) is 0. The second kappa shape index (κ2) is 8.03. The van der Waals surface area contributed by atoms with Crippen molar-refractivity contribution in [3.8, 4) is 5.75 Å². The van der Waals surface area contributed by atoms with Gasteiger partial charge in [-0.25, -0.2) is 0 Å². The minimum Gasteiger partial charge on any atom is -0.494 e. The molecule has 0 spiro atoms. The molecule has 0 saturated heterocycles. The molecule has 1 unspecified atom stereocenters. The van der Waals surface area contributed by atoms with Crippen LogP contribution in [-0.2, 0) is 4.79 Å². The molecule has 0 aliphatic carbocycles. The van der Waals surface area contributed by atoms with Crippen molar-refractivity contribution in [2.24, 2.45) is 0 Å². The maximum atomic E-state index is 10.8. The van der Waals surface area contributed by atoms with Crippen LogP contribution in [0.4, 0.5) is 0 Å². The van der Waals surface area contributed by atoms with Crippen molar-refractivity contribution < 1.29 is 14.6 Å². The van der Waals surface area contributed by atoms with Crippen molar-refractivity contribution in [3.63, 3.8) is 0 Å². The van der Waals surface area contributed by atoms with Crippen LogP contribution in [0.2, 0.25) is 0 Å². The third-order valence-corrected chi connectivity index (χ3v) is 3.97. The zero-order valence-electron chi connectivity index (χ0n) is 10.9. The lowest BCUT2D eigenvalue weighted by molar-refractivity contribution is -0.136. The summed E-state index contributed by atoms with van der Waals surface area (Å²) >= 11 is 1.49. The Hall–Kier alpha value is -1.16. The fourth-order valence-corrected chi connectivity index (χ4v) is 2.49. The van der Waals surface area contributed by atoms with Gasteiger partial charge in [0.05, 0.1) is 6.61 Å². The highest BCUT2D eigenvalue weighted by Crippen LogP contribution is 2.17. The molecule has 1 atom stereocenters. The van der Waals surface area contributed by atoms with E-state index in [1.165, 1.54) is 17.3 Å². The molecule has 1 aromatic carbocycles. The van der Waals surface area contributed by atoms with Gasteiger partial charge in [0.2, 0.25) is 0 Å². The van der Waals surface area contributed by atoms with Crippen molar-refractivity contribution in [1.82, 2.24) is 0 Å². The van der Waals surface area contributed by atoms with Crippen molar-refractivity contribution in [2.45, 2.75) is 31.9 Å². The number of thioether (sulfide) groups is 1. The fraction of sp³-hybridized carbons (Fsp3) is 0.500. The number of carboxylic acid groups (broad SMARTS) is 1. The Morgan fingerprint density at radius 3 is 2.89 bits per heavy atom. The molecular formula is C14H20O3S. The second-order valence-corrected chi connectivity index (χ2v) is 5.44. The molecule has 3 nitrogen and oxygen atoms in total. The minimum absolute atomic E-state index is 0.288. The standard InChI is InChI=1S/C14H20O3S/c1-3-13(14(15)16)18-9-5-8-17-12-7-4-6-11(2)10-12/h4,6-7,10,13H,3,5,8-9H2,1-2H3,(H,15,16). The number of aryl methyl sites for hydroxylation is 1. The van der Waals surface area contributed by atoms with Crippen LogP contribution in [-0.4, -0.2) is 28.7 Å². The summed E-state index contributed by atoms with van der Waals surface area (Å²) in [5, 5.41) is 8.60. The molecule has 100 valence electrons. The largest absolute Gasteiger partial charge is 0.494 e. The van der Waals surface area contributed by atoms with E-state index in [1.807, 2.05) is 38.1 Å². The minimum atomic E-state index is -0.720. The lowest BCUT2D eigenvalue weighted by atomic mass is 10.2. The molecule has 0 heterocycles. The van der Waals surface area contributed by atoms with Gasteiger partial charge < -0.3 is 9.84 Å². The van der Waals surface area contributed by atoms with Crippen molar-refractivity contribution in [1.29, 1.82) is 0 Å². The molecule has 0 radical (unpaired) electrons. The number of hydrogen-bond acceptors (Lipinski definition) is 3. The van der Waals surface area contributed by atoms with Gasteiger partial charge in [-0.2, -0.15) is 0 Å². The zero-order chi connectivity index (χ0) is 13.4. The highest BCUT2D eigenvalue weighted by Gasteiger charge is 2.14. The number of ether oxygens (including phenoxy) is 1. The third-order valence-electron chi connectivity index (χ3n) is 2.51. The summed E-state index contributed by atoms with van der Waals surface area (Å²) in [6, 6.07) is 7.93. The van der Waals surface area contributed by atoms with Crippen LogP contribution in [0.3, 0.4) is 0 Å². The van der Waals surface area contributed by atoms with E-state index in [0.717, 1.165) is 17.9 Å². The van der Waals surface area contributed by atoms with Gasteiger partial charge in [-0.1, -0.05) is 19.1 Å². The van der Waals surface area contributed by atoms with E-state index >= 15 is 0 Å². The van der Waals surface area contributed by atoms with Gasteiger partial charge in [0, 0.05) is 0 Å². The van der Waals surface area contributed by atoms with Gasteiger partial charge in [0.1, 0.15) is 11.0 Å². The molecule has 0 fully saturated rings. The van der Waals surface area contributed by atoms with Crippen LogP contribution >= 0.6 is 11.8 Å². The Labute approximate surface area is 113 Å². The molecule has 0 aliphatic heterocycles. The van der Waals surface area contributed by atoms with Crippen LogP contribution in [0.15, 0.2) is 24.3 Å². The average molecular weight is 268 g/mol. The average Bonchev–Trinajstić information content (AvgIpc) is 2.33. The van der Waals surface area contributed by atoms with E-state index in [2.05, 4.69) is 0 Å². The molecule has 0 amide bonds. The Kier molecular flexibility index (Phi) is 6.65. The predicted octanol–water partition coefficient (Wildman–Crippen LogP) is 3.36. The molecular weight excluding hydrogens is 248 g/mol. The first kappa shape index (κ1) is 14.9. The maximum absolute atomic E-state index is 10.8. The van der Waals surface area contributed by atoms with E-state index in [9.17, 15) is 4.79 Å². The summed E-state index contributed by atoms with van der Waals surface area (Å²) < 4.78 is 5.60. The van der Waals surface area contributed by atoms with Crippen LogP contribution in [0.5, 0.6) is 5.75 Å². The highest BCUT2D eigenvalue weighted by atomic mass is 32.2. The van der Waals surface area contributed by atoms with Gasteiger partial charge in [-0.15, -0.1) is 11.8 Å². The smallest absolute Gasteiger partial charge is 0.316 e. The lowest BCUT2D eigenvalue weighted by Gasteiger charge is -2.10. The van der Waals surface area contributed by atoms with Crippen molar-refractivity contribution in [2.75, 3.05) is 12.4 Å². The van der Waals surface area contributed by atoms with Crippen LogP contribution in [0.1, 0.15) is 25.3 Å². The molecule has 1 rings (SSSR count). The summed E-state index contributed by atoms with van der Waals surface area (Å²) in [4.78, 5) is 10.8. The summed E-state index contributed by atoms with van der Waals surface area (Å²) in [6.45, 7) is 4.56. The Morgan fingerprint density at radius 2 is 2.28 bits per heavy atom. The van der Waals surface area contributed by atoms with Gasteiger partial charge in [0.25, 0.3) is 0 Å². The number of hydrogen-bond donors (Lipinski definition) is 1. The maximum Gasteiger partial charge on any atom is 0.316 e. The number of carbonyl (C=O) groups is 1. The van der Waals surface area contributed by atoms with Crippen molar-refractivity contribution in [3.05, 3.63) is 29.8 Å². The summed E-state index contributed by atoms with van der Waals surface area (Å²) in [5.74, 6) is 0.976. The van der Waals surface area contributed by atoms with Gasteiger partial charge in [-0.3, -0.25) is 4.79 Å². The monoisotopic (exact) mass is 268 g/mol.